The SMILES string of the molecule is CC(Sc1nnc(-c2ccco2)n1Cc1ccccc1)C(=O)c1ccc(NS(C)(=O)=O)cc1. The Morgan fingerprint density at radius 2 is 1.79 bits per heavy atom. The van der Waals surface area contributed by atoms with E-state index in [1.807, 2.05) is 47.9 Å². The summed E-state index contributed by atoms with van der Waals surface area (Å²) in [6.07, 6.45) is 2.66. The summed E-state index contributed by atoms with van der Waals surface area (Å²) in [5.41, 5.74) is 1.95. The van der Waals surface area contributed by atoms with E-state index in [0.29, 0.717) is 34.5 Å². The lowest BCUT2D eigenvalue weighted by molar-refractivity contribution is 0.0994. The van der Waals surface area contributed by atoms with Crippen molar-refractivity contribution in [1.82, 2.24) is 14.8 Å². The number of sulfonamides is 1. The van der Waals surface area contributed by atoms with E-state index in [2.05, 4.69) is 14.9 Å². The van der Waals surface area contributed by atoms with Gasteiger partial charge in [0.25, 0.3) is 0 Å². The van der Waals surface area contributed by atoms with Crippen molar-refractivity contribution >= 4 is 33.3 Å². The molecule has 2 heterocycles. The van der Waals surface area contributed by atoms with Crippen molar-refractivity contribution < 1.29 is 17.6 Å². The number of anilines is 1. The Labute approximate surface area is 196 Å². The molecule has 0 saturated heterocycles. The highest BCUT2D eigenvalue weighted by molar-refractivity contribution is 8.00. The van der Waals surface area contributed by atoms with Gasteiger partial charge in [-0.3, -0.25) is 14.1 Å². The van der Waals surface area contributed by atoms with Gasteiger partial charge in [-0.05, 0) is 48.9 Å². The molecular weight excluding hydrogens is 460 g/mol. The molecule has 0 aliphatic carbocycles. The number of nitrogens with one attached hydrogen (secondary N) is 1. The third-order valence-corrected chi connectivity index (χ3v) is 6.45. The van der Waals surface area contributed by atoms with E-state index >= 15 is 0 Å². The fourth-order valence-corrected chi connectivity index (χ4v) is 4.73. The number of rotatable bonds is 9. The molecule has 4 aromatic rings. The van der Waals surface area contributed by atoms with Crippen molar-refractivity contribution in [2.75, 3.05) is 11.0 Å². The fourth-order valence-electron chi connectivity index (χ4n) is 3.24. The molecule has 0 spiro atoms. The Balaban J connectivity index is 1.56. The number of Topliss-reactive ketones (excluding diaryl/α,β-unsaturated/α-hetero) is 1. The minimum Gasteiger partial charge on any atom is -0.461 e. The van der Waals surface area contributed by atoms with Crippen LogP contribution in [0, 0.1) is 0 Å². The standard InChI is InChI=1S/C23H22N4O4S2/c1-16(21(28)18-10-12-19(13-11-18)26-33(2,29)30)32-23-25-24-22(20-9-6-14-31-20)27(23)15-17-7-4-3-5-8-17/h3-14,16,26H,15H2,1-2H3. The highest BCUT2D eigenvalue weighted by Gasteiger charge is 2.23. The summed E-state index contributed by atoms with van der Waals surface area (Å²) in [6.45, 7) is 2.34. The molecule has 0 amide bonds. The number of nitrogens with zero attached hydrogens (tertiary/aromatic N) is 3. The second-order valence-corrected chi connectivity index (χ2v) is 10.5. The van der Waals surface area contributed by atoms with Gasteiger partial charge in [0.05, 0.1) is 24.3 Å². The molecule has 10 heteroatoms. The Hall–Kier alpha value is -3.37. The summed E-state index contributed by atoms with van der Waals surface area (Å²) >= 11 is 1.31. The number of aromatic nitrogens is 3. The van der Waals surface area contributed by atoms with E-state index in [1.165, 1.54) is 11.8 Å². The predicted octanol–water partition coefficient (Wildman–Crippen LogP) is 4.32. The van der Waals surface area contributed by atoms with Gasteiger partial charge in [0, 0.05) is 11.3 Å². The molecule has 2 aromatic heterocycles. The van der Waals surface area contributed by atoms with Crippen LogP contribution in [0.3, 0.4) is 0 Å². The van der Waals surface area contributed by atoms with E-state index in [9.17, 15) is 13.2 Å². The van der Waals surface area contributed by atoms with Gasteiger partial charge in [0.1, 0.15) is 0 Å². The van der Waals surface area contributed by atoms with Crippen LogP contribution in [0.4, 0.5) is 5.69 Å². The smallest absolute Gasteiger partial charge is 0.229 e. The minimum absolute atomic E-state index is 0.0975. The second-order valence-electron chi connectivity index (χ2n) is 7.43. The Morgan fingerprint density at radius 1 is 1.06 bits per heavy atom. The second kappa shape index (κ2) is 9.63. The molecule has 8 nitrogen and oxygen atoms in total. The molecule has 0 fully saturated rings. The number of furan rings is 1. The van der Waals surface area contributed by atoms with E-state index in [4.69, 9.17) is 4.42 Å². The van der Waals surface area contributed by atoms with Crippen LogP contribution in [-0.2, 0) is 16.6 Å². The molecule has 1 unspecified atom stereocenters. The van der Waals surface area contributed by atoms with Crippen LogP contribution in [0.2, 0.25) is 0 Å². The van der Waals surface area contributed by atoms with Crippen molar-refractivity contribution in [3.8, 4) is 11.6 Å². The fraction of sp³-hybridized carbons (Fsp3) is 0.174. The van der Waals surface area contributed by atoms with Gasteiger partial charge < -0.3 is 4.42 Å². The normalized spacial score (nSPS) is 12.4. The largest absolute Gasteiger partial charge is 0.461 e. The van der Waals surface area contributed by atoms with Gasteiger partial charge in [-0.25, -0.2) is 8.42 Å². The zero-order valence-corrected chi connectivity index (χ0v) is 19.6. The van der Waals surface area contributed by atoms with E-state index in [-0.39, 0.29) is 5.78 Å². The molecule has 0 saturated carbocycles. The number of carbonyl (C=O) groups is 1. The first kappa shape index (κ1) is 22.8. The van der Waals surface area contributed by atoms with Crippen molar-refractivity contribution in [2.45, 2.75) is 23.9 Å². The molecular formula is C23H22N4O4S2. The highest BCUT2D eigenvalue weighted by Crippen LogP contribution is 2.29. The maximum Gasteiger partial charge on any atom is 0.229 e. The van der Waals surface area contributed by atoms with Crippen LogP contribution in [0.25, 0.3) is 11.6 Å². The Bertz CT molecular complexity index is 1330. The summed E-state index contributed by atoms with van der Waals surface area (Å²) in [5, 5.41) is 8.79. The third-order valence-electron chi connectivity index (χ3n) is 4.77. The Morgan fingerprint density at radius 3 is 2.42 bits per heavy atom. The van der Waals surface area contributed by atoms with Gasteiger partial charge in [-0.1, -0.05) is 42.1 Å². The van der Waals surface area contributed by atoms with Crippen LogP contribution in [0.1, 0.15) is 22.8 Å². The number of ketones is 1. The number of carbonyl (C=O) groups excluding carboxylic acids is 1. The monoisotopic (exact) mass is 482 g/mol. The predicted molar refractivity (Wildman–Crippen MR) is 128 cm³/mol. The van der Waals surface area contributed by atoms with Crippen LogP contribution in [0.15, 0.2) is 82.6 Å². The molecule has 1 atom stereocenters. The number of hydrogen-bond donors (Lipinski definition) is 1. The lowest BCUT2D eigenvalue weighted by Crippen LogP contribution is -2.15. The quantitative estimate of drug-likeness (QED) is 0.280. The van der Waals surface area contributed by atoms with Gasteiger partial charge in [-0.2, -0.15) is 0 Å². The first-order chi connectivity index (χ1) is 15.8. The average molecular weight is 483 g/mol. The van der Waals surface area contributed by atoms with Crippen LogP contribution >= 0.6 is 11.8 Å². The van der Waals surface area contributed by atoms with Crippen molar-refractivity contribution in [3.63, 3.8) is 0 Å². The summed E-state index contributed by atoms with van der Waals surface area (Å²) in [4.78, 5) is 13.0. The minimum atomic E-state index is -3.38. The van der Waals surface area contributed by atoms with E-state index in [1.54, 1.807) is 36.6 Å². The maximum absolute atomic E-state index is 13.0. The lowest BCUT2D eigenvalue weighted by Gasteiger charge is -2.13. The third kappa shape index (κ3) is 5.71. The molecule has 0 aliphatic heterocycles. The molecule has 2 aromatic carbocycles. The van der Waals surface area contributed by atoms with Crippen molar-refractivity contribution in [3.05, 3.63) is 84.1 Å². The average Bonchev–Trinajstić information content (AvgIpc) is 3.44. The summed E-state index contributed by atoms with van der Waals surface area (Å²) in [5.74, 6) is 1.08. The first-order valence-electron chi connectivity index (χ1n) is 10.1. The molecule has 0 aliphatic rings. The molecule has 0 bridgehead atoms. The summed E-state index contributed by atoms with van der Waals surface area (Å²) < 4.78 is 32.6. The van der Waals surface area contributed by atoms with Crippen LogP contribution in [-0.4, -0.2) is 40.5 Å². The summed E-state index contributed by atoms with van der Waals surface area (Å²) in [6, 6.07) is 19.9. The van der Waals surface area contributed by atoms with E-state index < -0.39 is 15.3 Å². The highest BCUT2D eigenvalue weighted by atomic mass is 32.2. The first-order valence-corrected chi connectivity index (χ1v) is 12.9. The van der Waals surface area contributed by atoms with Crippen LogP contribution in [0.5, 0.6) is 0 Å². The summed E-state index contributed by atoms with van der Waals surface area (Å²) in [7, 11) is -3.38. The van der Waals surface area contributed by atoms with Crippen LogP contribution < -0.4 is 4.72 Å². The molecule has 170 valence electrons. The van der Waals surface area contributed by atoms with Gasteiger partial charge in [0.15, 0.2) is 16.7 Å². The van der Waals surface area contributed by atoms with E-state index in [0.717, 1.165) is 11.8 Å². The van der Waals surface area contributed by atoms with Gasteiger partial charge >= 0.3 is 0 Å². The number of hydrogen-bond acceptors (Lipinski definition) is 7. The zero-order chi connectivity index (χ0) is 23.4. The van der Waals surface area contributed by atoms with Crippen molar-refractivity contribution in [2.24, 2.45) is 0 Å². The van der Waals surface area contributed by atoms with Gasteiger partial charge in [-0.15, -0.1) is 10.2 Å². The molecule has 33 heavy (non-hydrogen) atoms. The van der Waals surface area contributed by atoms with Crippen molar-refractivity contribution in [1.29, 1.82) is 0 Å². The zero-order valence-electron chi connectivity index (χ0n) is 18.0. The molecule has 0 radical (unpaired) electrons. The Kier molecular flexibility index (Phi) is 6.66. The number of thioether (sulfide) groups is 1. The van der Waals surface area contributed by atoms with Gasteiger partial charge in [0.2, 0.25) is 15.8 Å². The topological polar surface area (TPSA) is 107 Å². The number of benzene rings is 2. The molecule has 4 rings (SSSR count). The lowest BCUT2D eigenvalue weighted by atomic mass is 10.1. The maximum atomic E-state index is 13.0. The molecule has 1 N–H and O–H groups in total.